The van der Waals surface area contributed by atoms with Gasteiger partial charge in [-0.1, -0.05) is 0 Å². The van der Waals surface area contributed by atoms with E-state index in [1.165, 1.54) is 25.1 Å². The molecule has 0 saturated carbocycles. The normalized spacial score (nSPS) is 13.4. The lowest BCUT2D eigenvalue weighted by Crippen LogP contribution is -2.24. The summed E-state index contributed by atoms with van der Waals surface area (Å²) in [5.41, 5.74) is 6.11. The number of benzene rings is 1. The Morgan fingerprint density at radius 1 is 1.48 bits per heavy atom. The van der Waals surface area contributed by atoms with Gasteiger partial charge in [0.1, 0.15) is 6.04 Å². The number of carbonyl (C=O) groups excluding carboxylic acids is 1. The molecule has 1 unspecified atom stereocenters. The minimum atomic E-state index is -4.69. The SMILES string of the molecule is CCOC(=O)C(C)n1c(C(F)(F)F)nc2cc(N)ccc21. The van der Waals surface area contributed by atoms with Crippen molar-refractivity contribution < 1.29 is 22.7 Å². The van der Waals surface area contributed by atoms with Gasteiger partial charge in [0.15, 0.2) is 0 Å². The molecule has 0 aliphatic rings. The summed E-state index contributed by atoms with van der Waals surface area (Å²) in [6, 6.07) is 3.05. The fourth-order valence-electron chi connectivity index (χ4n) is 2.08. The van der Waals surface area contributed by atoms with E-state index in [9.17, 15) is 18.0 Å². The lowest BCUT2D eigenvalue weighted by atomic mass is 10.2. The number of imidazole rings is 1. The number of rotatable bonds is 3. The molecule has 0 fully saturated rings. The average molecular weight is 301 g/mol. The molecule has 0 saturated heterocycles. The number of nitrogens with two attached hydrogens (primary N) is 1. The summed E-state index contributed by atoms with van der Waals surface area (Å²) in [5.74, 6) is -1.90. The van der Waals surface area contributed by atoms with Crippen molar-refractivity contribution >= 4 is 22.7 Å². The highest BCUT2D eigenvalue weighted by atomic mass is 19.4. The van der Waals surface area contributed by atoms with E-state index in [-0.39, 0.29) is 17.6 Å². The maximum atomic E-state index is 13.1. The number of halogens is 3. The zero-order chi connectivity index (χ0) is 15.8. The number of fused-ring (bicyclic) bond motifs is 1. The fourth-order valence-corrected chi connectivity index (χ4v) is 2.08. The van der Waals surface area contributed by atoms with Crippen LogP contribution in [0.25, 0.3) is 11.0 Å². The van der Waals surface area contributed by atoms with Crippen LogP contribution in [0.4, 0.5) is 18.9 Å². The van der Waals surface area contributed by atoms with Crippen LogP contribution in [0.1, 0.15) is 25.7 Å². The topological polar surface area (TPSA) is 70.1 Å². The van der Waals surface area contributed by atoms with E-state index in [0.29, 0.717) is 5.69 Å². The smallest absolute Gasteiger partial charge is 0.449 e. The van der Waals surface area contributed by atoms with Crippen molar-refractivity contribution in [3.05, 3.63) is 24.0 Å². The van der Waals surface area contributed by atoms with E-state index >= 15 is 0 Å². The quantitative estimate of drug-likeness (QED) is 0.699. The highest BCUT2D eigenvalue weighted by Crippen LogP contribution is 2.34. The third-order valence-electron chi connectivity index (χ3n) is 2.98. The van der Waals surface area contributed by atoms with Crippen molar-refractivity contribution in [2.45, 2.75) is 26.1 Å². The first-order valence-corrected chi connectivity index (χ1v) is 6.27. The van der Waals surface area contributed by atoms with E-state index in [1.807, 2.05) is 0 Å². The number of anilines is 1. The number of nitrogen functional groups attached to an aromatic ring is 1. The first-order chi connectivity index (χ1) is 9.75. The number of nitrogens with zero attached hydrogens (tertiary/aromatic N) is 2. The monoisotopic (exact) mass is 301 g/mol. The van der Waals surface area contributed by atoms with Gasteiger partial charge < -0.3 is 15.0 Å². The van der Waals surface area contributed by atoms with E-state index in [4.69, 9.17) is 10.5 Å². The van der Waals surface area contributed by atoms with Crippen LogP contribution in [0.2, 0.25) is 0 Å². The Hall–Kier alpha value is -2.25. The van der Waals surface area contributed by atoms with Crippen molar-refractivity contribution in [3.63, 3.8) is 0 Å². The predicted octanol–water partition coefficient (Wildman–Crippen LogP) is 2.76. The number of ether oxygens (including phenoxy) is 1. The molecule has 0 radical (unpaired) electrons. The zero-order valence-corrected chi connectivity index (χ0v) is 11.4. The molecule has 8 heteroatoms. The summed E-state index contributed by atoms with van der Waals surface area (Å²) in [5, 5.41) is 0. The van der Waals surface area contributed by atoms with E-state index < -0.39 is 24.0 Å². The average Bonchev–Trinajstić information content (AvgIpc) is 2.76. The minimum Gasteiger partial charge on any atom is -0.464 e. The first kappa shape index (κ1) is 15.1. The Morgan fingerprint density at radius 3 is 2.71 bits per heavy atom. The summed E-state index contributed by atoms with van der Waals surface area (Å²) in [7, 11) is 0. The van der Waals surface area contributed by atoms with Crippen LogP contribution in [0.5, 0.6) is 0 Å². The van der Waals surface area contributed by atoms with Gasteiger partial charge >= 0.3 is 12.1 Å². The molecule has 5 nitrogen and oxygen atoms in total. The molecule has 0 bridgehead atoms. The third kappa shape index (κ3) is 2.79. The van der Waals surface area contributed by atoms with Crippen LogP contribution >= 0.6 is 0 Å². The van der Waals surface area contributed by atoms with Crippen molar-refractivity contribution in [3.8, 4) is 0 Å². The van der Waals surface area contributed by atoms with Gasteiger partial charge in [0, 0.05) is 5.69 Å². The molecule has 1 heterocycles. The first-order valence-electron chi connectivity index (χ1n) is 6.27. The second-order valence-electron chi connectivity index (χ2n) is 4.48. The van der Waals surface area contributed by atoms with E-state index in [2.05, 4.69) is 4.98 Å². The zero-order valence-electron chi connectivity index (χ0n) is 11.4. The van der Waals surface area contributed by atoms with Crippen LogP contribution in [0.3, 0.4) is 0 Å². The van der Waals surface area contributed by atoms with Gasteiger partial charge in [0.05, 0.1) is 17.6 Å². The van der Waals surface area contributed by atoms with Gasteiger partial charge in [-0.2, -0.15) is 13.2 Å². The fraction of sp³-hybridized carbons (Fsp3) is 0.385. The minimum absolute atomic E-state index is 0.0819. The lowest BCUT2D eigenvalue weighted by molar-refractivity contribution is -0.153. The van der Waals surface area contributed by atoms with Crippen LogP contribution in [0.15, 0.2) is 18.2 Å². The molecule has 2 aromatic rings. The van der Waals surface area contributed by atoms with E-state index in [1.54, 1.807) is 6.92 Å². The summed E-state index contributed by atoms with van der Waals surface area (Å²) in [4.78, 5) is 15.3. The highest BCUT2D eigenvalue weighted by Gasteiger charge is 2.40. The molecule has 1 aromatic carbocycles. The lowest BCUT2D eigenvalue weighted by Gasteiger charge is -2.17. The maximum absolute atomic E-state index is 13.1. The van der Waals surface area contributed by atoms with Crippen molar-refractivity contribution in [2.75, 3.05) is 12.3 Å². The van der Waals surface area contributed by atoms with Crippen molar-refractivity contribution in [2.24, 2.45) is 0 Å². The predicted molar refractivity (Wildman–Crippen MR) is 70.5 cm³/mol. The largest absolute Gasteiger partial charge is 0.464 e. The Balaban J connectivity index is 2.66. The molecule has 2 rings (SSSR count). The third-order valence-corrected chi connectivity index (χ3v) is 2.98. The Morgan fingerprint density at radius 2 is 2.14 bits per heavy atom. The molecular weight excluding hydrogens is 287 g/mol. The van der Waals surface area contributed by atoms with Crippen LogP contribution in [-0.4, -0.2) is 22.1 Å². The molecule has 0 aliphatic heterocycles. The molecular formula is C13H14F3N3O2. The van der Waals surface area contributed by atoms with Crippen molar-refractivity contribution in [1.29, 1.82) is 0 Å². The number of hydrogen-bond acceptors (Lipinski definition) is 4. The number of carbonyl (C=O) groups is 1. The molecule has 2 N–H and O–H groups in total. The van der Waals surface area contributed by atoms with Gasteiger partial charge in [-0.05, 0) is 32.0 Å². The van der Waals surface area contributed by atoms with Gasteiger partial charge in [0.2, 0.25) is 5.82 Å². The van der Waals surface area contributed by atoms with Crippen molar-refractivity contribution in [1.82, 2.24) is 9.55 Å². The molecule has 0 aliphatic carbocycles. The van der Waals surface area contributed by atoms with Crippen LogP contribution < -0.4 is 5.73 Å². The standard InChI is InChI=1S/C13H14F3N3O2/c1-3-21-11(20)7(2)19-10-5-4-8(17)6-9(10)18-12(19)13(14,15)16/h4-7H,3,17H2,1-2H3. The Bertz CT molecular complexity index is 679. The number of esters is 1. The second kappa shape index (κ2) is 5.27. The van der Waals surface area contributed by atoms with Gasteiger partial charge in [-0.3, -0.25) is 0 Å². The summed E-state index contributed by atoms with van der Waals surface area (Å²) in [6.07, 6.45) is -4.69. The van der Waals surface area contributed by atoms with Crippen LogP contribution in [-0.2, 0) is 15.7 Å². The van der Waals surface area contributed by atoms with Crippen LogP contribution in [0, 0.1) is 0 Å². The Labute approximate surface area is 118 Å². The van der Waals surface area contributed by atoms with E-state index in [0.717, 1.165) is 4.57 Å². The number of alkyl halides is 3. The maximum Gasteiger partial charge on any atom is 0.449 e. The second-order valence-corrected chi connectivity index (χ2v) is 4.48. The molecule has 0 amide bonds. The van der Waals surface area contributed by atoms with Gasteiger partial charge in [-0.15, -0.1) is 0 Å². The van der Waals surface area contributed by atoms with Gasteiger partial charge in [0.25, 0.3) is 0 Å². The summed E-state index contributed by atoms with van der Waals surface area (Å²) < 4.78 is 45.0. The molecule has 1 atom stereocenters. The molecule has 1 aromatic heterocycles. The summed E-state index contributed by atoms with van der Waals surface area (Å²) in [6.45, 7) is 3.01. The Kier molecular flexibility index (Phi) is 3.80. The molecule has 0 spiro atoms. The molecule has 21 heavy (non-hydrogen) atoms. The van der Waals surface area contributed by atoms with Gasteiger partial charge in [-0.25, -0.2) is 9.78 Å². The number of aromatic nitrogens is 2. The molecule has 114 valence electrons. The number of hydrogen-bond donors (Lipinski definition) is 1. The summed E-state index contributed by atoms with van der Waals surface area (Å²) >= 11 is 0. The highest BCUT2D eigenvalue weighted by molar-refractivity contribution is 5.83.